The van der Waals surface area contributed by atoms with Gasteiger partial charge >= 0.3 is 0 Å². The van der Waals surface area contributed by atoms with Crippen molar-refractivity contribution in [2.24, 2.45) is 0 Å². The predicted octanol–water partition coefficient (Wildman–Crippen LogP) is 5.09. The van der Waals surface area contributed by atoms with Crippen molar-refractivity contribution in [3.8, 4) is 16.9 Å². The average molecular weight is 318 g/mol. The number of ketones is 1. The smallest absolute Gasteiger partial charge is 0.189 e. The minimum Gasteiger partial charge on any atom is -0.507 e. The van der Waals surface area contributed by atoms with E-state index in [1.54, 1.807) is 6.08 Å². The van der Waals surface area contributed by atoms with E-state index in [0.29, 0.717) is 0 Å². The lowest BCUT2D eigenvalue weighted by Crippen LogP contribution is -1.95. The molecule has 0 aliphatic rings. The van der Waals surface area contributed by atoms with Crippen molar-refractivity contribution in [2.45, 2.75) is 0 Å². The minimum absolute atomic E-state index is 0.0505. The lowest BCUT2D eigenvalue weighted by Gasteiger charge is -2.03. The molecule has 3 aromatic carbocycles. The highest BCUT2D eigenvalue weighted by Gasteiger charge is 2.09. The summed E-state index contributed by atoms with van der Waals surface area (Å²) in [5, 5.41) is 9.67. The Bertz CT molecular complexity index is 899. The van der Waals surface area contributed by atoms with Gasteiger partial charge in [0.2, 0.25) is 0 Å². The molecule has 0 heterocycles. The van der Waals surface area contributed by atoms with Crippen molar-refractivity contribution in [3.05, 3.63) is 95.8 Å². The number of benzene rings is 3. The highest BCUT2D eigenvalue weighted by molar-refractivity contribution is 6.08. The van der Waals surface area contributed by atoms with E-state index in [4.69, 9.17) is 0 Å². The minimum atomic E-state index is -0.560. The van der Waals surface area contributed by atoms with Gasteiger partial charge in [-0.1, -0.05) is 54.6 Å². The van der Waals surface area contributed by atoms with Gasteiger partial charge < -0.3 is 5.11 Å². The second kappa shape index (κ2) is 6.92. The second-order valence-corrected chi connectivity index (χ2v) is 5.35. The van der Waals surface area contributed by atoms with Gasteiger partial charge in [-0.05, 0) is 47.0 Å². The Labute approximate surface area is 139 Å². The Morgan fingerprint density at radius 3 is 2.42 bits per heavy atom. The van der Waals surface area contributed by atoms with Crippen LogP contribution >= 0.6 is 0 Å². The fourth-order valence-electron chi connectivity index (χ4n) is 2.42. The molecular formula is C21H15FO2. The summed E-state index contributed by atoms with van der Waals surface area (Å²) in [5.41, 5.74) is 2.92. The Kier molecular flexibility index (Phi) is 4.52. The molecule has 3 rings (SSSR count). The molecule has 0 unspecified atom stereocenters. The number of phenols is 1. The van der Waals surface area contributed by atoms with E-state index in [0.717, 1.165) is 28.8 Å². The van der Waals surface area contributed by atoms with Crippen LogP contribution in [0.3, 0.4) is 0 Å². The van der Waals surface area contributed by atoms with Crippen LogP contribution in [0.1, 0.15) is 15.9 Å². The molecule has 0 saturated heterocycles. The molecule has 0 saturated carbocycles. The molecule has 0 bridgehead atoms. The quantitative estimate of drug-likeness (QED) is 0.537. The first-order valence-corrected chi connectivity index (χ1v) is 7.50. The summed E-state index contributed by atoms with van der Waals surface area (Å²) in [6.07, 6.45) is 2.98. The maximum Gasteiger partial charge on any atom is 0.189 e. The number of carbonyl (C=O) groups is 1. The van der Waals surface area contributed by atoms with Gasteiger partial charge in [0.15, 0.2) is 5.78 Å². The van der Waals surface area contributed by atoms with Crippen LogP contribution in [0.25, 0.3) is 17.2 Å². The third-order valence-corrected chi connectivity index (χ3v) is 3.64. The topological polar surface area (TPSA) is 37.3 Å². The van der Waals surface area contributed by atoms with Crippen LogP contribution in [0.2, 0.25) is 0 Å². The Morgan fingerprint density at radius 1 is 0.875 bits per heavy atom. The summed E-state index contributed by atoms with van der Waals surface area (Å²) < 4.78 is 13.2. The monoisotopic (exact) mass is 318 g/mol. The van der Waals surface area contributed by atoms with Gasteiger partial charge in [0.1, 0.15) is 11.6 Å². The molecule has 24 heavy (non-hydrogen) atoms. The molecule has 1 N–H and O–H groups in total. The number of halogens is 1. The normalized spacial score (nSPS) is 10.9. The molecule has 3 heteroatoms. The zero-order valence-corrected chi connectivity index (χ0v) is 12.8. The number of carbonyl (C=O) groups excluding carboxylic acids is 1. The number of hydrogen-bond donors (Lipinski definition) is 1. The summed E-state index contributed by atoms with van der Waals surface area (Å²) in [6, 6.07) is 21.0. The maximum atomic E-state index is 13.2. The number of allylic oxidation sites excluding steroid dienone is 1. The average Bonchev–Trinajstić information content (AvgIpc) is 2.63. The highest BCUT2D eigenvalue weighted by atomic mass is 19.1. The molecule has 0 amide bonds. The summed E-state index contributed by atoms with van der Waals surface area (Å²) in [5.74, 6) is -1.24. The van der Waals surface area contributed by atoms with Crippen molar-refractivity contribution < 1.29 is 14.3 Å². The summed E-state index contributed by atoms with van der Waals surface area (Å²) in [7, 11) is 0. The summed E-state index contributed by atoms with van der Waals surface area (Å²) in [4.78, 5) is 12.1. The molecule has 2 nitrogen and oxygen atoms in total. The van der Waals surface area contributed by atoms with Crippen molar-refractivity contribution in [1.82, 2.24) is 0 Å². The van der Waals surface area contributed by atoms with E-state index in [1.807, 2.05) is 54.6 Å². The maximum absolute atomic E-state index is 13.2. The lowest BCUT2D eigenvalue weighted by atomic mass is 10.0. The van der Waals surface area contributed by atoms with Gasteiger partial charge in [-0.25, -0.2) is 4.39 Å². The van der Waals surface area contributed by atoms with Gasteiger partial charge in [0.05, 0.1) is 5.56 Å². The van der Waals surface area contributed by atoms with E-state index in [1.165, 1.54) is 12.1 Å². The largest absolute Gasteiger partial charge is 0.507 e. The molecule has 0 atom stereocenters. The van der Waals surface area contributed by atoms with E-state index in [-0.39, 0.29) is 11.3 Å². The van der Waals surface area contributed by atoms with Crippen molar-refractivity contribution in [1.29, 1.82) is 0 Å². The van der Waals surface area contributed by atoms with Crippen LogP contribution in [-0.2, 0) is 0 Å². The van der Waals surface area contributed by atoms with Crippen LogP contribution in [0.15, 0.2) is 78.9 Å². The second-order valence-electron chi connectivity index (χ2n) is 5.35. The molecule has 0 spiro atoms. The van der Waals surface area contributed by atoms with Gasteiger partial charge in [-0.3, -0.25) is 4.79 Å². The number of hydrogen-bond acceptors (Lipinski definition) is 2. The molecule has 0 aliphatic heterocycles. The molecule has 118 valence electrons. The standard InChI is InChI=1S/C21H15FO2/c22-18-10-12-21(24)19(14-18)20(23)11-9-15-5-4-8-17(13-15)16-6-2-1-3-7-16/h1-14,24H. The van der Waals surface area contributed by atoms with Crippen molar-refractivity contribution >= 4 is 11.9 Å². The van der Waals surface area contributed by atoms with Crippen LogP contribution in [-0.4, -0.2) is 10.9 Å². The van der Waals surface area contributed by atoms with Gasteiger partial charge in [0, 0.05) is 0 Å². The third kappa shape index (κ3) is 3.58. The van der Waals surface area contributed by atoms with E-state index in [2.05, 4.69) is 0 Å². The Hall–Kier alpha value is -3.20. The first-order chi connectivity index (χ1) is 11.6. The van der Waals surface area contributed by atoms with Crippen LogP contribution < -0.4 is 0 Å². The van der Waals surface area contributed by atoms with E-state index in [9.17, 15) is 14.3 Å². The lowest BCUT2D eigenvalue weighted by molar-refractivity contribution is 0.104. The van der Waals surface area contributed by atoms with Gasteiger partial charge in [-0.15, -0.1) is 0 Å². The van der Waals surface area contributed by atoms with Crippen LogP contribution in [0.4, 0.5) is 4.39 Å². The Balaban J connectivity index is 1.84. The first kappa shape index (κ1) is 15.7. The molecule has 0 aromatic heterocycles. The molecule has 0 fully saturated rings. The zero-order valence-electron chi connectivity index (χ0n) is 12.8. The predicted molar refractivity (Wildman–Crippen MR) is 93.3 cm³/mol. The zero-order chi connectivity index (χ0) is 16.9. The summed E-state index contributed by atoms with van der Waals surface area (Å²) in [6.45, 7) is 0. The Morgan fingerprint density at radius 2 is 1.62 bits per heavy atom. The number of rotatable bonds is 4. The van der Waals surface area contributed by atoms with Gasteiger partial charge in [0.25, 0.3) is 0 Å². The van der Waals surface area contributed by atoms with Crippen molar-refractivity contribution in [2.75, 3.05) is 0 Å². The van der Waals surface area contributed by atoms with E-state index < -0.39 is 11.6 Å². The number of phenolic OH excluding ortho intramolecular Hbond substituents is 1. The van der Waals surface area contributed by atoms with Crippen LogP contribution in [0.5, 0.6) is 5.75 Å². The highest BCUT2D eigenvalue weighted by Crippen LogP contribution is 2.22. The number of aromatic hydroxyl groups is 1. The molecule has 3 aromatic rings. The molecule has 0 radical (unpaired) electrons. The molecular weight excluding hydrogens is 303 g/mol. The first-order valence-electron chi connectivity index (χ1n) is 7.50. The van der Waals surface area contributed by atoms with Crippen LogP contribution in [0, 0.1) is 5.82 Å². The van der Waals surface area contributed by atoms with E-state index >= 15 is 0 Å². The SMILES string of the molecule is O=C(C=Cc1cccc(-c2ccccc2)c1)c1cc(F)ccc1O. The molecule has 0 aliphatic carbocycles. The summed E-state index contributed by atoms with van der Waals surface area (Å²) >= 11 is 0. The van der Waals surface area contributed by atoms with Gasteiger partial charge in [-0.2, -0.15) is 0 Å². The fraction of sp³-hybridized carbons (Fsp3) is 0. The van der Waals surface area contributed by atoms with Crippen molar-refractivity contribution in [3.63, 3.8) is 0 Å². The fourth-order valence-corrected chi connectivity index (χ4v) is 2.42. The third-order valence-electron chi connectivity index (χ3n) is 3.64.